The van der Waals surface area contributed by atoms with Crippen LogP contribution in [0.4, 0.5) is 25.1 Å². The number of carbonyl (C=O) groups excluding carboxylic acids is 1. The van der Waals surface area contributed by atoms with E-state index in [0.717, 1.165) is 39.2 Å². The molecule has 2 amide bonds. The second kappa shape index (κ2) is 8.04. The van der Waals surface area contributed by atoms with Crippen LogP contribution in [0, 0.1) is 25.5 Å². The maximum atomic E-state index is 14.0. The standard InChI is InChI=1S/C24H20ClF2N3O/c1-13-10-14(2)22-17(11-13)21(16-6-4-5-7-18(16)25)23(30(22)3)29-24(31)28-20-9-8-15(26)12-19(20)27/h4-12H,1-3H3,(H2,28,29,31). The molecule has 0 radical (unpaired) electrons. The Hall–Kier alpha value is -3.38. The first kappa shape index (κ1) is 20.9. The van der Waals surface area contributed by atoms with E-state index in [-0.39, 0.29) is 5.69 Å². The lowest BCUT2D eigenvalue weighted by molar-refractivity contribution is 0.262. The SMILES string of the molecule is Cc1cc(C)c2c(c1)c(-c1ccccc1Cl)c(NC(=O)Nc1ccc(F)cc1F)n2C. The average molecular weight is 440 g/mol. The molecule has 0 aliphatic rings. The molecule has 0 aliphatic heterocycles. The number of carbonyl (C=O) groups is 1. The predicted octanol–water partition coefficient (Wildman–Crippen LogP) is 7.04. The summed E-state index contributed by atoms with van der Waals surface area (Å²) in [7, 11) is 1.85. The first-order chi connectivity index (χ1) is 14.8. The summed E-state index contributed by atoms with van der Waals surface area (Å²) in [6.45, 7) is 4.01. The number of anilines is 2. The van der Waals surface area contributed by atoms with Gasteiger partial charge in [0.15, 0.2) is 0 Å². The maximum Gasteiger partial charge on any atom is 0.324 e. The summed E-state index contributed by atoms with van der Waals surface area (Å²) in [5.41, 5.74) is 4.48. The Bertz CT molecular complexity index is 1330. The van der Waals surface area contributed by atoms with Gasteiger partial charge in [-0.05, 0) is 43.7 Å². The zero-order valence-corrected chi connectivity index (χ0v) is 17.9. The van der Waals surface area contributed by atoms with Gasteiger partial charge >= 0.3 is 6.03 Å². The molecular weight excluding hydrogens is 420 g/mol. The highest BCUT2D eigenvalue weighted by Gasteiger charge is 2.22. The van der Waals surface area contributed by atoms with Gasteiger partial charge in [0.2, 0.25) is 0 Å². The summed E-state index contributed by atoms with van der Waals surface area (Å²) >= 11 is 6.50. The van der Waals surface area contributed by atoms with E-state index in [1.165, 1.54) is 6.07 Å². The minimum Gasteiger partial charge on any atom is -0.330 e. The molecule has 3 aromatic carbocycles. The van der Waals surface area contributed by atoms with E-state index in [1.807, 2.05) is 49.7 Å². The van der Waals surface area contributed by atoms with Gasteiger partial charge in [0.25, 0.3) is 0 Å². The van der Waals surface area contributed by atoms with E-state index in [9.17, 15) is 13.6 Å². The number of hydrogen-bond donors (Lipinski definition) is 2. The molecule has 0 unspecified atom stereocenters. The summed E-state index contributed by atoms with van der Waals surface area (Å²) in [5.74, 6) is -1.06. The topological polar surface area (TPSA) is 46.1 Å². The quantitative estimate of drug-likeness (QED) is 0.353. The van der Waals surface area contributed by atoms with E-state index in [0.29, 0.717) is 16.9 Å². The fourth-order valence-electron chi connectivity index (χ4n) is 3.94. The number of rotatable bonds is 3. The molecule has 0 aliphatic carbocycles. The van der Waals surface area contributed by atoms with Crippen molar-refractivity contribution in [3.63, 3.8) is 0 Å². The molecule has 158 valence electrons. The summed E-state index contributed by atoms with van der Waals surface area (Å²) in [6.07, 6.45) is 0. The van der Waals surface area contributed by atoms with E-state index in [4.69, 9.17) is 11.6 Å². The van der Waals surface area contributed by atoms with Crippen LogP contribution >= 0.6 is 11.6 Å². The van der Waals surface area contributed by atoms with Crippen LogP contribution in [0.15, 0.2) is 54.6 Å². The number of nitrogens with zero attached hydrogens (tertiary/aromatic N) is 1. The number of aromatic nitrogens is 1. The molecule has 1 heterocycles. The van der Waals surface area contributed by atoms with Gasteiger partial charge in [-0.3, -0.25) is 5.32 Å². The van der Waals surface area contributed by atoms with Crippen LogP contribution in [-0.2, 0) is 7.05 Å². The molecule has 0 spiro atoms. The minimum absolute atomic E-state index is 0.121. The predicted molar refractivity (Wildman–Crippen MR) is 122 cm³/mol. The second-order valence-electron chi connectivity index (χ2n) is 7.44. The Kier molecular flexibility index (Phi) is 5.41. The third kappa shape index (κ3) is 3.86. The van der Waals surface area contributed by atoms with Crippen LogP contribution < -0.4 is 10.6 Å². The number of benzene rings is 3. The van der Waals surface area contributed by atoms with Crippen LogP contribution in [0.3, 0.4) is 0 Å². The van der Waals surface area contributed by atoms with Crippen LogP contribution in [0.1, 0.15) is 11.1 Å². The molecule has 4 rings (SSSR count). The summed E-state index contributed by atoms with van der Waals surface area (Å²) in [6, 6.07) is 13.8. The Morgan fingerprint density at radius 1 is 1.00 bits per heavy atom. The lowest BCUT2D eigenvalue weighted by Gasteiger charge is -2.13. The van der Waals surface area contributed by atoms with Crippen molar-refractivity contribution in [3.05, 3.63) is 82.4 Å². The Balaban J connectivity index is 1.84. The molecule has 0 saturated carbocycles. The van der Waals surface area contributed by atoms with Gasteiger partial charge < -0.3 is 9.88 Å². The molecule has 0 atom stereocenters. The number of halogens is 3. The fourth-order valence-corrected chi connectivity index (χ4v) is 4.17. The zero-order chi connectivity index (χ0) is 22.3. The smallest absolute Gasteiger partial charge is 0.324 e. The summed E-state index contributed by atoms with van der Waals surface area (Å²) < 4.78 is 29.0. The van der Waals surface area contributed by atoms with E-state index < -0.39 is 17.7 Å². The third-order valence-corrected chi connectivity index (χ3v) is 5.51. The Labute approximate surface area is 183 Å². The number of hydrogen-bond acceptors (Lipinski definition) is 1. The van der Waals surface area contributed by atoms with Crippen LogP contribution in [-0.4, -0.2) is 10.6 Å². The minimum atomic E-state index is -0.856. The van der Waals surface area contributed by atoms with Crippen LogP contribution in [0.5, 0.6) is 0 Å². The van der Waals surface area contributed by atoms with Crippen molar-refractivity contribution in [3.8, 4) is 11.1 Å². The summed E-state index contributed by atoms with van der Waals surface area (Å²) in [4.78, 5) is 12.7. The molecule has 1 aromatic heterocycles. The molecule has 0 bridgehead atoms. The zero-order valence-electron chi connectivity index (χ0n) is 17.2. The van der Waals surface area contributed by atoms with Gasteiger partial charge in [0.05, 0.1) is 11.2 Å². The Morgan fingerprint density at radius 2 is 1.74 bits per heavy atom. The maximum absolute atomic E-state index is 14.0. The van der Waals surface area contributed by atoms with Gasteiger partial charge in [-0.1, -0.05) is 41.4 Å². The highest BCUT2D eigenvalue weighted by atomic mass is 35.5. The molecule has 0 saturated heterocycles. The molecule has 2 N–H and O–H groups in total. The largest absolute Gasteiger partial charge is 0.330 e. The molecule has 0 fully saturated rings. The number of urea groups is 1. The van der Waals surface area contributed by atoms with Gasteiger partial charge in [-0.2, -0.15) is 0 Å². The second-order valence-corrected chi connectivity index (χ2v) is 7.85. The highest BCUT2D eigenvalue weighted by Crippen LogP contribution is 2.42. The number of amides is 2. The molecule has 4 aromatic rings. The van der Waals surface area contributed by atoms with Crippen molar-refractivity contribution < 1.29 is 13.6 Å². The first-order valence-corrected chi connectivity index (χ1v) is 10.0. The Morgan fingerprint density at radius 3 is 2.45 bits per heavy atom. The highest BCUT2D eigenvalue weighted by molar-refractivity contribution is 6.34. The van der Waals surface area contributed by atoms with E-state index in [2.05, 4.69) is 16.7 Å². The molecule has 7 heteroatoms. The number of nitrogens with one attached hydrogen (secondary N) is 2. The first-order valence-electron chi connectivity index (χ1n) is 9.64. The summed E-state index contributed by atoms with van der Waals surface area (Å²) in [5, 5.41) is 6.75. The number of aryl methyl sites for hydroxylation is 3. The van der Waals surface area contributed by atoms with E-state index >= 15 is 0 Å². The van der Waals surface area contributed by atoms with E-state index in [1.54, 1.807) is 6.07 Å². The van der Waals surface area contributed by atoms with Crippen molar-refractivity contribution in [2.75, 3.05) is 10.6 Å². The lowest BCUT2D eigenvalue weighted by Crippen LogP contribution is -2.22. The van der Waals surface area contributed by atoms with Crippen molar-refractivity contribution in [2.24, 2.45) is 7.05 Å². The van der Waals surface area contributed by atoms with Crippen molar-refractivity contribution >= 4 is 40.0 Å². The monoisotopic (exact) mass is 439 g/mol. The van der Waals surface area contributed by atoms with Gasteiger partial charge in [-0.25, -0.2) is 13.6 Å². The van der Waals surface area contributed by atoms with Crippen molar-refractivity contribution in [2.45, 2.75) is 13.8 Å². The normalized spacial score (nSPS) is 11.0. The van der Waals surface area contributed by atoms with Gasteiger partial charge in [0, 0.05) is 34.6 Å². The van der Waals surface area contributed by atoms with Crippen molar-refractivity contribution in [1.29, 1.82) is 0 Å². The van der Waals surface area contributed by atoms with Crippen molar-refractivity contribution in [1.82, 2.24) is 4.57 Å². The molecule has 4 nitrogen and oxygen atoms in total. The van der Waals surface area contributed by atoms with Crippen LogP contribution in [0.2, 0.25) is 5.02 Å². The van der Waals surface area contributed by atoms with Crippen LogP contribution in [0.25, 0.3) is 22.0 Å². The lowest BCUT2D eigenvalue weighted by atomic mass is 10.0. The number of fused-ring (bicyclic) bond motifs is 1. The average Bonchev–Trinajstić information content (AvgIpc) is 2.96. The van der Waals surface area contributed by atoms with Gasteiger partial charge in [0.1, 0.15) is 17.5 Å². The molecular formula is C24H20ClF2N3O. The van der Waals surface area contributed by atoms with Gasteiger partial charge in [-0.15, -0.1) is 0 Å². The third-order valence-electron chi connectivity index (χ3n) is 5.18. The molecule has 31 heavy (non-hydrogen) atoms. The fraction of sp³-hybridized carbons (Fsp3) is 0.125.